The molecule has 2 heterocycles. The number of nitrogens with zero attached hydrogens (tertiary/aromatic N) is 1. The molecule has 0 atom stereocenters. The maximum Gasteiger partial charge on any atom is 0.278 e. The van der Waals surface area contributed by atoms with Crippen LogP contribution in [0.15, 0.2) is 114 Å². The molecule has 0 radical (unpaired) electrons. The molecule has 6 aromatic rings. The Bertz CT molecular complexity index is 1820. The van der Waals surface area contributed by atoms with E-state index in [0.717, 1.165) is 39.2 Å². The van der Waals surface area contributed by atoms with Crippen molar-refractivity contribution in [3.05, 3.63) is 137 Å². The minimum atomic E-state index is 0.897. The quantitative estimate of drug-likeness (QED) is 0.147. The van der Waals surface area contributed by atoms with Crippen molar-refractivity contribution < 1.29 is 8.99 Å². The van der Waals surface area contributed by atoms with Gasteiger partial charge >= 0.3 is 0 Å². The molecule has 1 aromatic heterocycles. The molecule has 1 aliphatic heterocycles. The smallest absolute Gasteiger partial charge is 0.278 e. The fourth-order valence-electron chi connectivity index (χ4n) is 5.41. The van der Waals surface area contributed by atoms with Gasteiger partial charge in [0.2, 0.25) is 0 Å². The molecule has 0 saturated heterocycles. The van der Waals surface area contributed by atoms with E-state index in [1.54, 1.807) is 0 Å². The summed E-state index contributed by atoms with van der Waals surface area (Å²) in [5.41, 5.74) is 8.72. The van der Waals surface area contributed by atoms with E-state index < -0.39 is 0 Å². The number of hydrogen-bond donors (Lipinski definition) is 0. The molecule has 2 nitrogen and oxygen atoms in total. The van der Waals surface area contributed by atoms with Crippen molar-refractivity contribution >= 4 is 50.7 Å². The minimum absolute atomic E-state index is 0.897. The van der Waals surface area contributed by atoms with Gasteiger partial charge in [-0.05, 0) is 52.2 Å². The highest BCUT2D eigenvalue weighted by Crippen LogP contribution is 2.46. The van der Waals surface area contributed by atoms with Crippen molar-refractivity contribution in [2.45, 2.75) is 6.92 Å². The Morgan fingerprint density at radius 2 is 1.60 bits per heavy atom. The lowest BCUT2D eigenvalue weighted by molar-refractivity contribution is -0.400. The van der Waals surface area contributed by atoms with Crippen LogP contribution in [-0.4, -0.2) is 11.3 Å². The van der Waals surface area contributed by atoms with E-state index in [1.165, 1.54) is 33.0 Å². The Morgan fingerprint density at radius 1 is 0.800 bits per heavy atom. The highest BCUT2D eigenvalue weighted by molar-refractivity contribution is 6.07. The largest absolute Gasteiger partial charge is 0.286 e. The van der Waals surface area contributed by atoms with Gasteiger partial charge in [0.05, 0.1) is 12.3 Å². The number of rotatable bonds is 2. The average molecular weight is 450 g/mol. The Labute approximate surface area is 204 Å². The topological polar surface area (TPSA) is 14.3 Å². The average Bonchev–Trinajstić information content (AvgIpc) is 3.27. The predicted molar refractivity (Wildman–Crippen MR) is 145 cm³/mol. The van der Waals surface area contributed by atoms with Gasteiger partial charge in [-0.2, -0.15) is 0 Å². The first-order valence-electron chi connectivity index (χ1n) is 11.9. The van der Waals surface area contributed by atoms with E-state index in [-0.39, 0.29) is 0 Å². The summed E-state index contributed by atoms with van der Waals surface area (Å²) in [6.45, 7) is 6.68. The highest BCUT2D eigenvalue weighted by atomic mass is 16.3. The molecule has 0 amide bonds. The zero-order valence-corrected chi connectivity index (χ0v) is 19.5. The number of fused-ring (bicyclic) bond motifs is 6. The van der Waals surface area contributed by atoms with Gasteiger partial charge < -0.3 is 0 Å². The number of para-hydroxylation sites is 1. The maximum absolute atomic E-state index is 6.43. The van der Waals surface area contributed by atoms with Crippen molar-refractivity contribution in [3.63, 3.8) is 0 Å². The van der Waals surface area contributed by atoms with Crippen LogP contribution in [0.25, 0.3) is 38.3 Å². The molecule has 0 bridgehead atoms. The molecule has 1 aliphatic rings. The second-order valence-corrected chi connectivity index (χ2v) is 9.21. The Balaban J connectivity index is 1.55. The van der Waals surface area contributed by atoms with Crippen molar-refractivity contribution in [2.24, 2.45) is 0 Å². The molecule has 0 unspecified atom stereocenters. The molecule has 0 saturated carbocycles. The van der Waals surface area contributed by atoms with Crippen molar-refractivity contribution in [3.8, 4) is 0 Å². The van der Waals surface area contributed by atoms with Crippen LogP contribution in [0.3, 0.4) is 0 Å². The first kappa shape index (κ1) is 19.9. The van der Waals surface area contributed by atoms with Crippen LogP contribution in [0.2, 0.25) is 0 Å². The number of hydrogen-bond acceptors (Lipinski definition) is 0. The second kappa shape index (κ2) is 7.48. The van der Waals surface area contributed by atoms with E-state index in [4.69, 9.17) is 4.42 Å². The summed E-state index contributed by atoms with van der Waals surface area (Å²) in [5.74, 6) is 0. The number of furan rings is 1. The van der Waals surface area contributed by atoms with Crippen molar-refractivity contribution in [1.82, 2.24) is 0 Å². The lowest BCUT2D eigenvalue weighted by Crippen LogP contribution is -2.18. The fourth-order valence-corrected chi connectivity index (χ4v) is 5.41. The van der Waals surface area contributed by atoms with Crippen LogP contribution in [0, 0.1) is 13.0 Å². The van der Waals surface area contributed by atoms with Gasteiger partial charge in [-0.3, -0.25) is 4.42 Å². The van der Waals surface area contributed by atoms with Crippen LogP contribution < -0.4 is 0 Å². The maximum atomic E-state index is 6.43. The minimum Gasteiger partial charge on any atom is -0.286 e. The zero-order chi connectivity index (χ0) is 23.5. The summed E-state index contributed by atoms with van der Waals surface area (Å²) in [4.78, 5) is 0. The van der Waals surface area contributed by atoms with Gasteiger partial charge in [0.25, 0.3) is 11.2 Å². The summed E-state index contributed by atoms with van der Waals surface area (Å²) in [7, 11) is 0. The van der Waals surface area contributed by atoms with Crippen LogP contribution in [0.4, 0.5) is 5.69 Å². The summed E-state index contributed by atoms with van der Waals surface area (Å²) in [6.07, 6.45) is 2.28. The third kappa shape index (κ3) is 2.97. The molecule has 0 N–H and O–H groups in total. The molecular formula is C33H23NO. The zero-order valence-electron chi connectivity index (χ0n) is 19.5. The normalized spacial score (nSPS) is 13.5. The standard InChI is InChI=1S/C33H23NO/c1-21-18-27-25-14-8-9-15-31(25)35-33(27)28(19-21)30-20-26(22-10-4-3-5-11-22)32-24-13-7-6-12-23(24)16-17-29(32)34(30)2/h3-20H,2H2,1H3. The van der Waals surface area contributed by atoms with E-state index >= 15 is 0 Å². The molecule has 0 aliphatic carbocycles. The fraction of sp³-hybridized carbons (Fsp3) is 0.0303. The molecular weight excluding hydrogens is 426 g/mol. The van der Waals surface area contributed by atoms with E-state index in [0.29, 0.717) is 0 Å². The number of aryl methyl sites for hydroxylation is 1. The van der Waals surface area contributed by atoms with Gasteiger partial charge in [0.15, 0.2) is 11.7 Å². The summed E-state index contributed by atoms with van der Waals surface area (Å²) in [6, 6.07) is 37.3. The highest BCUT2D eigenvalue weighted by Gasteiger charge is 2.31. The molecule has 7 rings (SSSR count). The first-order valence-corrected chi connectivity index (χ1v) is 11.9. The number of benzene rings is 5. The molecule has 0 spiro atoms. The Morgan fingerprint density at radius 3 is 2.49 bits per heavy atom. The van der Waals surface area contributed by atoms with Crippen molar-refractivity contribution in [1.29, 1.82) is 0 Å². The van der Waals surface area contributed by atoms with E-state index in [2.05, 4.69) is 115 Å². The van der Waals surface area contributed by atoms with Gasteiger partial charge in [-0.15, -0.1) is 18.2 Å². The van der Waals surface area contributed by atoms with Gasteiger partial charge in [-0.1, -0.05) is 83.9 Å². The van der Waals surface area contributed by atoms with Crippen LogP contribution in [0.5, 0.6) is 0 Å². The third-order valence-electron chi connectivity index (χ3n) is 7.02. The Kier molecular flexibility index (Phi) is 4.24. The molecule has 35 heavy (non-hydrogen) atoms. The second-order valence-electron chi connectivity index (χ2n) is 9.21. The lowest BCUT2D eigenvalue weighted by Gasteiger charge is -2.27. The molecule has 2 heteroatoms. The predicted octanol–water partition coefficient (Wildman–Crippen LogP) is 8.42. The molecule has 0 fully saturated rings. The van der Waals surface area contributed by atoms with Gasteiger partial charge in [-0.25, -0.2) is 4.58 Å². The van der Waals surface area contributed by atoms with Gasteiger partial charge in [0, 0.05) is 5.56 Å². The van der Waals surface area contributed by atoms with Gasteiger partial charge in [0.1, 0.15) is 0 Å². The Hall–Kier alpha value is -4.56. The first-order chi connectivity index (χ1) is 17.2. The summed E-state index contributed by atoms with van der Waals surface area (Å²) < 4.78 is 8.50. The monoisotopic (exact) mass is 449 g/mol. The van der Waals surface area contributed by atoms with Crippen molar-refractivity contribution in [2.75, 3.05) is 0 Å². The van der Waals surface area contributed by atoms with Crippen LogP contribution in [0.1, 0.15) is 22.3 Å². The van der Waals surface area contributed by atoms with E-state index in [9.17, 15) is 0 Å². The van der Waals surface area contributed by atoms with Crippen LogP contribution >= 0.6 is 0 Å². The summed E-state index contributed by atoms with van der Waals surface area (Å²) >= 11 is 0. The molecule has 5 aromatic carbocycles. The SMILES string of the molecule is C=[N+]1c2ccc3ccccc3c2C(c2ccccc2)=C[C-]1c1cc(C)cc2c1[o+][c-]1ccccc21. The molecule has 166 valence electrons. The lowest BCUT2D eigenvalue weighted by atomic mass is 9.85. The van der Waals surface area contributed by atoms with E-state index in [1.807, 2.05) is 12.1 Å². The summed E-state index contributed by atoms with van der Waals surface area (Å²) in [5, 5.41) is 4.72. The van der Waals surface area contributed by atoms with Crippen LogP contribution in [-0.2, 0) is 0 Å². The third-order valence-corrected chi connectivity index (χ3v) is 7.02.